The molecule has 1 atom stereocenters. The van der Waals surface area contributed by atoms with Gasteiger partial charge in [0.1, 0.15) is 0 Å². The number of aryl methyl sites for hydroxylation is 1. The molecule has 1 saturated heterocycles. The van der Waals surface area contributed by atoms with Crippen molar-refractivity contribution in [1.29, 1.82) is 0 Å². The number of imidazole rings is 1. The van der Waals surface area contributed by atoms with Crippen molar-refractivity contribution in [1.82, 2.24) is 14.9 Å². The Kier molecular flexibility index (Phi) is 3.74. The highest BCUT2D eigenvalue weighted by molar-refractivity contribution is 5.46. The smallest absolute Gasteiger partial charge is 0.210 e. The van der Waals surface area contributed by atoms with Crippen LogP contribution in [0.2, 0.25) is 0 Å². The Hall–Kier alpha value is -1.81. The van der Waals surface area contributed by atoms with Gasteiger partial charge in [0.15, 0.2) is 0 Å². The largest absolute Gasteiger partial charge is 0.338 e. The van der Waals surface area contributed by atoms with E-state index in [-0.39, 0.29) is 0 Å². The molecule has 0 radical (unpaired) electrons. The minimum Gasteiger partial charge on any atom is -0.338 e. The molecule has 0 aliphatic carbocycles. The van der Waals surface area contributed by atoms with Crippen molar-refractivity contribution in [2.45, 2.75) is 25.8 Å². The number of rotatable bonds is 4. The quantitative estimate of drug-likeness (QED) is 0.926. The number of nitrogens with zero attached hydrogens (tertiary/aromatic N) is 3. The average Bonchev–Trinajstić information content (AvgIpc) is 3.06. The number of anilines is 1. The van der Waals surface area contributed by atoms with Crippen molar-refractivity contribution in [3.63, 3.8) is 0 Å². The monoisotopic (exact) mass is 270 g/mol. The van der Waals surface area contributed by atoms with Crippen LogP contribution in [-0.2, 0) is 0 Å². The zero-order valence-electron chi connectivity index (χ0n) is 12.2. The Morgan fingerprint density at radius 3 is 2.85 bits per heavy atom. The van der Waals surface area contributed by atoms with Crippen LogP contribution in [0, 0.1) is 6.92 Å². The summed E-state index contributed by atoms with van der Waals surface area (Å²) in [7, 11) is 2.02. The summed E-state index contributed by atoms with van der Waals surface area (Å²) in [6.45, 7) is 4.17. The summed E-state index contributed by atoms with van der Waals surface area (Å²) in [5.41, 5.74) is 2.25. The highest BCUT2D eigenvalue weighted by Gasteiger charge is 2.27. The summed E-state index contributed by atoms with van der Waals surface area (Å²) in [5, 5.41) is 3.30. The van der Waals surface area contributed by atoms with Crippen molar-refractivity contribution in [3.05, 3.63) is 42.2 Å². The van der Waals surface area contributed by atoms with E-state index < -0.39 is 0 Å². The molecule has 1 aliphatic heterocycles. The van der Waals surface area contributed by atoms with Crippen LogP contribution in [0.3, 0.4) is 0 Å². The molecule has 1 aromatic heterocycles. The van der Waals surface area contributed by atoms with E-state index in [2.05, 4.69) is 52.2 Å². The Bertz CT molecular complexity index is 561. The first-order valence-corrected chi connectivity index (χ1v) is 7.32. The van der Waals surface area contributed by atoms with Gasteiger partial charge in [0.25, 0.3) is 0 Å². The fourth-order valence-electron chi connectivity index (χ4n) is 3.01. The van der Waals surface area contributed by atoms with Gasteiger partial charge in [-0.15, -0.1) is 0 Å². The predicted molar refractivity (Wildman–Crippen MR) is 82.6 cm³/mol. The van der Waals surface area contributed by atoms with E-state index in [9.17, 15) is 0 Å². The Balaban J connectivity index is 1.97. The summed E-state index contributed by atoms with van der Waals surface area (Å²) in [6, 6.07) is 11.0. The van der Waals surface area contributed by atoms with E-state index in [1.54, 1.807) is 0 Å². The number of hydrogen-bond donors (Lipinski definition) is 1. The van der Waals surface area contributed by atoms with Crippen LogP contribution >= 0.6 is 0 Å². The number of aromatic nitrogens is 2. The zero-order chi connectivity index (χ0) is 13.9. The van der Waals surface area contributed by atoms with Crippen LogP contribution in [0.25, 0.3) is 5.69 Å². The Morgan fingerprint density at radius 1 is 1.30 bits per heavy atom. The number of benzene rings is 1. The van der Waals surface area contributed by atoms with Gasteiger partial charge >= 0.3 is 0 Å². The maximum atomic E-state index is 4.76. The lowest BCUT2D eigenvalue weighted by atomic mass is 10.2. The Morgan fingerprint density at radius 2 is 2.10 bits per heavy atom. The average molecular weight is 270 g/mol. The van der Waals surface area contributed by atoms with Crippen LogP contribution in [0.5, 0.6) is 0 Å². The second kappa shape index (κ2) is 5.67. The highest BCUT2D eigenvalue weighted by atomic mass is 15.3. The maximum absolute atomic E-state index is 4.76. The van der Waals surface area contributed by atoms with Gasteiger partial charge in [-0.1, -0.05) is 18.2 Å². The van der Waals surface area contributed by atoms with Crippen molar-refractivity contribution < 1.29 is 0 Å². The topological polar surface area (TPSA) is 33.1 Å². The third kappa shape index (κ3) is 2.43. The molecule has 106 valence electrons. The lowest BCUT2D eigenvalue weighted by molar-refractivity contribution is 0.605. The second-order valence-electron chi connectivity index (χ2n) is 5.43. The van der Waals surface area contributed by atoms with Gasteiger partial charge in [-0.25, -0.2) is 4.98 Å². The van der Waals surface area contributed by atoms with Crippen LogP contribution < -0.4 is 10.2 Å². The van der Waals surface area contributed by atoms with E-state index in [1.165, 1.54) is 18.5 Å². The zero-order valence-corrected chi connectivity index (χ0v) is 12.2. The first-order chi connectivity index (χ1) is 9.79. The lowest BCUT2D eigenvalue weighted by Crippen LogP contribution is -2.38. The predicted octanol–water partition coefficient (Wildman–Crippen LogP) is 2.37. The maximum Gasteiger partial charge on any atom is 0.210 e. The molecule has 20 heavy (non-hydrogen) atoms. The molecule has 1 aromatic carbocycles. The summed E-state index contributed by atoms with van der Waals surface area (Å²) in [4.78, 5) is 7.20. The molecule has 1 unspecified atom stereocenters. The van der Waals surface area contributed by atoms with Gasteiger partial charge in [-0.3, -0.25) is 4.57 Å². The van der Waals surface area contributed by atoms with E-state index in [0.717, 1.165) is 24.7 Å². The first kappa shape index (κ1) is 13.2. The molecule has 4 heteroatoms. The standard InChI is InChI=1S/C16H22N4/c1-13-12-20(14-7-4-3-5-8-14)16(18-13)19-10-6-9-15(19)11-17-2/h3-5,7-8,12,15,17H,6,9-11H2,1-2H3. The minimum atomic E-state index is 0.546. The molecule has 0 spiro atoms. The SMILES string of the molecule is CNCC1CCCN1c1nc(C)cn1-c1ccccc1. The van der Waals surface area contributed by atoms with E-state index in [0.29, 0.717) is 6.04 Å². The third-order valence-corrected chi connectivity index (χ3v) is 3.92. The first-order valence-electron chi connectivity index (χ1n) is 7.32. The van der Waals surface area contributed by atoms with E-state index in [1.807, 2.05) is 13.1 Å². The van der Waals surface area contributed by atoms with Crippen LogP contribution in [-0.4, -0.2) is 35.7 Å². The van der Waals surface area contributed by atoms with Gasteiger partial charge in [0.2, 0.25) is 5.95 Å². The molecule has 0 saturated carbocycles. The van der Waals surface area contributed by atoms with Gasteiger partial charge < -0.3 is 10.2 Å². The van der Waals surface area contributed by atoms with Crippen LogP contribution in [0.4, 0.5) is 5.95 Å². The van der Waals surface area contributed by atoms with E-state index in [4.69, 9.17) is 4.98 Å². The molecule has 2 heterocycles. The molecule has 2 aromatic rings. The molecule has 0 bridgehead atoms. The molecule has 3 rings (SSSR count). The van der Waals surface area contributed by atoms with Gasteiger partial charge in [0, 0.05) is 31.0 Å². The molecule has 4 nitrogen and oxygen atoms in total. The van der Waals surface area contributed by atoms with Crippen molar-refractivity contribution in [3.8, 4) is 5.69 Å². The van der Waals surface area contributed by atoms with Crippen molar-refractivity contribution in [2.24, 2.45) is 0 Å². The summed E-state index contributed by atoms with van der Waals surface area (Å²) in [6.07, 6.45) is 4.61. The van der Waals surface area contributed by atoms with Crippen LogP contribution in [0.1, 0.15) is 18.5 Å². The Labute approximate surface area is 120 Å². The van der Waals surface area contributed by atoms with Crippen LogP contribution in [0.15, 0.2) is 36.5 Å². The fourth-order valence-corrected chi connectivity index (χ4v) is 3.01. The van der Waals surface area contributed by atoms with Crippen molar-refractivity contribution >= 4 is 5.95 Å². The third-order valence-electron chi connectivity index (χ3n) is 3.92. The molecule has 1 aliphatic rings. The number of nitrogens with one attached hydrogen (secondary N) is 1. The van der Waals surface area contributed by atoms with Gasteiger partial charge in [-0.05, 0) is 38.9 Å². The number of hydrogen-bond acceptors (Lipinski definition) is 3. The second-order valence-corrected chi connectivity index (χ2v) is 5.43. The number of para-hydroxylation sites is 1. The number of likely N-dealkylation sites (N-methyl/N-ethyl adjacent to an activating group) is 1. The molecular formula is C16H22N4. The summed E-state index contributed by atoms with van der Waals surface area (Å²) >= 11 is 0. The molecule has 1 N–H and O–H groups in total. The van der Waals surface area contributed by atoms with Crippen molar-refractivity contribution in [2.75, 3.05) is 25.0 Å². The lowest BCUT2D eigenvalue weighted by Gasteiger charge is -2.26. The summed E-state index contributed by atoms with van der Waals surface area (Å²) < 4.78 is 2.21. The fraction of sp³-hybridized carbons (Fsp3) is 0.438. The minimum absolute atomic E-state index is 0.546. The van der Waals surface area contributed by atoms with Gasteiger partial charge in [-0.2, -0.15) is 0 Å². The molecule has 0 amide bonds. The summed E-state index contributed by atoms with van der Waals surface area (Å²) in [5.74, 6) is 1.08. The van der Waals surface area contributed by atoms with Gasteiger partial charge in [0.05, 0.1) is 5.69 Å². The normalized spacial score (nSPS) is 18.7. The molecule has 1 fully saturated rings. The van der Waals surface area contributed by atoms with E-state index >= 15 is 0 Å². The highest BCUT2D eigenvalue weighted by Crippen LogP contribution is 2.27. The molecular weight excluding hydrogens is 248 g/mol.